The first kappa shape index (κ1) is 13.8. The van der Waals surface area contributed by atoms with Crippen LogP contribution < -0.4 is 5.32 Å². The Morgan fingerprint density at radius 2 is 2.28 bits per heavy atom. The standard InChI is InChI=1S/C14H22ClN3/c1-14(2,3)13-9-17-6-7-18(13)10-11-4-5-16-8-12(11)15/h4-5,8,13,17H,6-7,9-10H2,1-3H3. The first-order valence-electron chi connectivity index (χ1n) is 6.51. The lowest BCUT2D eigenvalue weighted by molar-refractivity contribution is 0.0689. The highest BCUT2D eigenvalue weighted by molar-refractivity contribution is 6.31. The monoisotopic (exact) mass is 267 g/mol. The molecule has 1 aromatic heterocycles. The largest absolute Gasteiger partial charge is 0.314 e. The second-order valence-electron chi connectivity index (χ2n) is 6.02. The van der Waals surface area contributed by atoms with Gasteiger partial charge in [0, 0.05) is 44.6 Å². The summed E-state index contributed by atoms with van der Waals surface area (Å²) in [7, 11) is 0. The molecule has 1 aromatic rings. The molecule has 1 aliphatic rings. The minimum absolute atomic E-state index is 0.271. The molecule has 0 radical (unpaired) electrons. The van der Waals surface area contributed by atoms with Gasteiger partial charge >= 0.3 is 0 Å². The number of hydrogen-bond donors (Lipinski definition) is 1. The summed E-state index contributed by atoms with van der Waals surface area (Å²) in [4.78, 5) is 6.57. The molecule has 1 atom stereocenters. The molecule has 4 heteroatoms. The van der Waals surface area contributed by atoms with Crippen molar-refractivity contribution in [1.29, 1.82) is 0 Å². The Morgan fingerprint density at radius 3 is 2.94 bits per heavy atom. The number of rotatable bonds is 2. The molecule has 1 fully saturated rings. The van der Waals surface area contributed by atoms with E-state index >= 15 is 0 Å². The molecular weight excluding hydrogens is 246 g/mol. The summed E-state index contributed by atoms with van der Waals surface area (Å²) in [6, 6.07) is 2.56. The average molecular weight is 268 g/mol. The van der Waals surface area contributed by atoms with Crippen LogP contribution in [0.5, 0.6) is 0 Å². The van der Waals surface area contributed by atoms with Crippen molar-refractivity contribution in [3.8, 4) is 0 Å². The van der Waals surface area contributed by atoms with E-state index in [1.165, 1.54) is 5.56 Å². The normalized spacial score (nSPS) is 22.1. The number of piperazine rings is 1. The van der Waals surface area contributed by atoms with Gasteiger partial charge in [-0.1, -0.05) is 32.4 Å². The van der Waals surface area contributed by atoms with Gasteiger partial charge in [-0.2, -0.15) is 0 Å². The molecule has 3 nitrogen and oxygen atoms in total. The van der Waals surface area contributed by atoms with Gasteiger partial charge in [-0.25, -0.2) is 0 Å². The summed E-state index contributed by atoms with van der Waals surface area (Å²) in [5.41, 5.74) is 1.44. The molecule has 0 saturated carbocycles. The van der Waals surface area contributed by atoms with Crippen LogP contribution in [0.15, 0.2) is 18.5 Å². The van der Waals surface area contributed by atoms with Crippen molar-refractivity contribution >= 4 is 11.6 Å². The zero-order valence-electron chi connectivity index (χ0n) is 11.4. The van der Waals surface area contributed by atoms with Crippen molar-refractivity contribution in [1.82, 2.24) is 15.2 Å². The molecule has 18 heavy (non-hydrogen) atoms. The van der Waals surface area contributed by atoms with Crippen LogP contribution in [0, 0.1) is 5.41 Å². The molecule has 100 valence electrons. The number of hydrogen-bond acceptors (Lipinski definition) is 3. The third-order valence-corrected chi connectivity index (χ3v) is 3.92. The lowest BCUT2D eigenvalue weighted by Gasteiger charge is -2.43. The van der Waals surface area contributed by atoms with E-state index in [-0.39, 0.29) is 5.41 Å². The molecule has 0 bridgehead atoms. The first-order valence-corrected chi connectivity index (χ1v) is 6.89. The highest BCUT2D eigenvalue weighted by Crippen LogP contribution is 2.27. The molecule has 1 aliphatic heterocycles. The second-order valence-corrected chi connectivity index (χ2v) is 6.43. The molecule has 0 spiro atoms. The fourth-order valence-electron chi connectivity index (χ4n) is 2.54. The maximum absolute atomic E-state index is 6.20. The van der Waals surface area contributed by atoms with Gasteiger partial charge in [0.05, 0.1) is 5.02 Å². The minimum atomic E-state index is 0.271. The van der Waals surface area contributed by atoms with Crippen molar-refractivity contribution in [3.63, 3.8) is 0 Å². The number of aromatic nitrogens is 1. The van der Waals surface area contributed by atoms with E-state index in [4.69, 9.17) is 11.6 Å². The maximum Gasteiger partial charge on any atom is 0.0634 e. The fourth-order valence-corrected chi connectivity index (χ4v) is 2.72. The fraction of sp³-hybridized carbons (Fsp3) is 0.643. The summed E-state index contributed by atoms with van der Waals surface area (Å²) in [6.07, 6.45) is 3.54. The van der Waals surface area contributed by atoms with Crippen LogP contribution >= 0.6 is 11.6 Å². The van der Waals surface area contributed by atoms with Crippen LogP contribution in [0.4, 0.5) is 0 Å². The van der Waals surface area contributed by atoms with Crippen LogP contribution in [-0.2, 0) is 6.54 Å². The zero-order valence-corrected chi connectivity index (χ0v) is 12.2. The Bertz CT molecular complexity index is 400. The highest BCUT2D eigenvalue weighted by Gasteiger charge is 2.32. The average Bonchev–Trinajstić information content (AvgIpc) is 2.31. The number of nitrogens with zero attached hydrogens (tertiary/aromatic N) is 2. The van der Waals surface area contributed by atoms with Gasteiger partial charge in [0.1, 0.15) is 0 Å². The molecule has 1 saturated heterocycles. The third-order valence-electron chi connectivity index (χ3n) is 3.58. The first-order chi connectivity index (χ1) is 8.48. The number of nitrogens with one attached hydrogen (secondary N) is 1. The highest BCUT2D eigenvalue weighted by atomic mass is 35.5. The SMILES string of the molecule is CC(C)(C)C1CNCCN1Cc1ccncc1Cl. The second kappa shape index (κ2) is 5.55. The topological polar surface area (TPSA) is 28.2 Å². The molecule has 0 amide bonds. The third kappa shape index (κ3) is 3.22. The van der Waals surface area contributed by atoms with E-state index in [0.29, 0.717) is 6.04 Å². The van der Waals surface area contributed by atoms with Crippen molar-refractivity contribution in [2.24, 2.45) is 5.41 Å². The Kier molecular flexibility index (Phi) is 4.25. The van der Waals surface area contributed by atoms with Crippen molar-refractivity contribution in [2.45, 2.75) is 33.4 Å². The van der Waals surface area contributed by atoms with Crippen LogP contribution in [0.1, 0.15) is 26.3 Å². The van der Waals surface area contributed by atoms with E-state index in [1.54, 1.807) is 6.20 Å². The van der Waals surface area contributed by atoms with Gasteiger partial charge in [0.2, 0.25) is 0 Å². The molecule has 1 N–H and O–H groups in total. The molecule has 2 heterocycles. The van der Waals surface area contributed by atoms with E-state index in [1.807, 2.05) is 12.3 Å². The summed E-state index contributed by atoms with van der Waals surface area (Å²) < 4.78 is 0. The number of halogens is 1. The van der Waals surface area contributed by atoms with E-state index in [2.05, 4.69) is 36.0 Å². The molecular formula is C14H22ClN3. The van der Waals surface area contributed by atoms with Gasteiger partial charge in [0.25, 0.3) is 0 Å². The van der Waals surface area contributed by atoms with Gasteiger partial charge in [0.15, 0.2) is 0 Å². The molecule has 2 rings (SSSR count). The van der Waals surface area contributed by atoms with Crippen molar-refractivity contribution in [3.05, 3.63) is 29.0 Å². The Hall–Kier alpha value is -0.640. The maximum atomic E-state index is 6.20. The summed E-state index contributed by atoms with van der Waals surface area (Å²) in [5, 5.41) is 4.25. The smallest absolute Gasteiger partial charge is 0.0634 e. The molecule has 0 aromatic carbocycles. The number of pyridine rings is 1. The van der Waals surface area contributed by atoms with Gasteiger partial charge in [-0.05, 0) is 17.0 Å². The zero-order chi connectivity index (χ0) is 13.2. The molecule has 0 aliphatic carbocycles. The Labute approximate surface area is 115 Å². The molecule has 1 unspecified atom stereocenters. The van der Waals surface area contributed by atoms with E-state index < -0.39 is 0 Å². The van der Waals surface area contributed by atoms with Crippen LogP contribution in [0.25, 0.3) is 0 Å². The quantitative estimate of drug-likeness (QED) is 0.893. The summed E-state index contributed by atoms with van der Waals surface area (Å²) in [6.45, 7) is 11.0. The predicted octanol–water partition coefficient (Wildman–Crippen LogP) is 2.55. The van der Waals surface area contributed by atoms with Crippen LogP contribution in [0.2, 0.25) is 5.02 Å². The van der Waals surface area contributed by atoms with Gasteiger partial charge in [-0.3, -0.25) is 9.88 Å². The van der Waals surface area contributed by atoms with E-state index in [0.717, 1.165) is 31.2 Å². The van der Waals surface area contributed by atoms with Crippen LogP contribution in [-0.4, -0.2) is 35.6 Å². The Balaban J connectivity index is 2.13. The van der Waals surface area contributed by atoms with E-state index in [9.17, 15) is 0 Å². The van der Waals surface area contributed by atoms with Crippen molar-refractivity contribution < 1.29 is 0 Å². The summed E-state index contributed by atoms with van der Waals surface area (Å²) >= 11 is 6.20. The predicted molar refractivity (Wildman–Crippen MR) is 75.8 cm³/mol. The lowest BCUT2D eigenvalue weighted by Crippen LogP contribution is -2.56. The van der Waals surface area contributed by atoms with Gasteiger partial charge < -0.3 is 5.32 Å². The summed E-state index contributed by atoms with van der Waals surface area (Å²) in [5.74, 6) is 0. The lowest BCUT2D eigenvalue weighted by atomic mass is 9.84. The van der Waals surface area contributed by atoms with Crippen LogP contribution in [0.3, 0.4) is 0 Å². The van der Waals surface area contributed by atoms with Gasteiger partial charge in [-0.15, -0.1) is 0 Å². The minimum Gasteiger partial charge on any atom is -0.314 e. The Morgan fingerprint density at radius 1 is 1.50 bits per heavy atom. The van der Waals surface area contributed by atoms with Crippen molar-refractivity contribution in [2.75, 3.05) is 19.6 Å².